The van der Waals surface area contributed by atoms with Crippen LogP contribution in [0.4, 0.5) is 5.82 Å². The van der Waals surface area contributed by atoms with Crippen molar-refractivity contribution in [2.75, 3.05) is 18.9 Å². The largest absolute Gasteiger partial charge is 0.367 e. The van der Waals surface area contributed by atoms with Gasteiger partial charge in [0.1, 0.15) is 5.82 Å². The second-order valence-corrected chi connectivity index (χ2v) is 4.45. The van der Waals surface area contributed by atoms with Gasteiger partial charge >= 0.3 is 0 Å². The molecule has 1 amide bonds. The first-order valence-corrected chi connectivity index (χ1v) is 5.71. The molecular formula is C11H17N5O. The molecule has 1 aromatic rings. The number of nitrogens with one attached hydrogen (secondary N) is 2. The monoisotopic (exact) mass is 235 g/mol. The van der Waals surface area contributed by atoms with Gasteiger partial charge in [0, 0.05) is 19.1 Å². The summed E-state index contributed by atoms with van der Waals surface area (Å²) >= 11 is 0. The van der Waals surface area contributed by atoms with E-state index in [4.69, 9.17) is 5.73 Å². The highest BCUT2D eigenvalue weighted by atomic mass is 16.1. The van der Waals surface area contributed by atoms with Gasteiger partial charge in [-0.3, -0.25) is 4.79 Å². The summed E-state index contributed by atoms with van der Waals surface area (Å²) in [6, 6.07) is 3.37. The Kier molecular flexibility index (Phi) is 3.23. The summed E-state index contributed by atoms with van der Waals surface area (Å²) in [6.45, 7) is 0.695. The lowest BCUT2D eigenvalue weighted by Gasteiger charge is -2.38. The standard InChI is InChI=1S/C11H17N5O/c1-13-10(17)8-3-4-9(16-15-8)14-7-11(12)5-2-6-11/h3-4H,2,5-7,12H2,1H3,(H,13,17)(H,14,16). The van der Waals surface area contributed by atoms with Crippen LogP contribution in [0.1, 0.15) is 29.8 Å². The Bertz CT molecular complexity index is 399. The van der Waals surface area contributed by atoms with Crippen molar-refractivity contribution >= 4 is 11.7 Å². The van der Waals surface area contributed by atoms with E-state index in [1.54, 1.807) is 19.2 Å². The van der Waals surface area contributed by atoms with Gasteiger partial charge in [-0.2, -0.15) is 0 Å². The van der Waals surface area contributed by atoms with Crippen molar-refractivity contribution in [2.24, 2.45) is 5.73 Å². The van der Waals surface area contributed by atoms with E-state index in [0.717, 1.165) is 12.8 Å². The molecule has 4 N–H and O–H groups in total. The molecule has 1 aliphatic carbocycles. The van der Waals surface area contributed by atoms with Crippen molar-refractivity contribution in [1.82, 2.24) is 15.5 Å². The van der Waals surface area contributed by atoms with Gasteiger partial charge in [0.05, 0.1) is 0 Å². The van der Waals surface area contributed by atoms with Crippen molar-refractivity contribution in [3.05, 3.63) is 17.8 Å². The molecular weight excluding hydrogens is 218 g/mol. The number of aromatic nitrogens is 2. The molecule has 92 valence electrons. The van der Waals surface area contributed by atoms with Crippen molar-refractivity contribution in [1.29, 1.82) is 0 Å². The molecule has 2 rings (SSSR count). The molecule has 1 aromatic heterocycles. The zero-order valence-corrected chi connectivity index (χ0v) is 9.86. The van der Waals surface area contributed by atoms with Gasteiger partial charge in [-0.25, -0.2) is 0 Å². The molecule has 17 heavy (non-hydrogen) atoms. The topological polar surface area (TPSA) is 92.9 Å². The van der Waals surface area contributed by atoms with Crippen LogP contribution in [0.25, 0.3) is 0 Å². The smallest absolute Gasteiger partial charge is 0.271 e. The van der Waals surface area contributed by atoms with Crippen LogP contribution in [0.3, 0.4) is 0 Å². The number of carbonyl (C=O) groups is 1. The van der Waals surface area contributed by atoms with Gasteiger partial charge in [0.15, 0.2) is 5.69 Å². The van der Waals surface area contributed by atoms with Gasteiger partial charge in [-0.1, -0.05) is 0 Å². The lowest BCUT2D eigenvalue weighted by Crippen LogP contribution is -2.52. The van der Waals surface area contributed by atoms with E-state index in [1.807, 2.05) is 0 Å². The normalized spacial score (nSPS) is 17.1. The molecule has 0 bridgehead atoms. The molecule has 6 nitrogen and oxygen atoms in total. The Morgan fingerprint density at radius 3 is 2.71 bits per heavy atom. The first kappa shape index (κ1) is 11.8. The van der Waals surface area contributed by atoms with Gasteiger partial charge < -0.3 is 16.4 Å². The number of nitrogens with two attached hydrogens (primary N) is 1. The number of amides is 1. The zero-order valence-electron chi connectivity index (χ0n) is 9.86. The molecule has 0 saturated heterocycles. The van der Waals surface area contributed by atoms with E-state index in [2.05, 4.69) is 20.8 Å². The molecule has 1 aliphatic rings. The summed E-state index contributed by atoms with van der Waals surface area (Å²) in [6.07, 6.45) is 3.28. The minimum absolute atomic E-state index is 0.0961. The molecule has 1 saturated carbocycles. The Morgan fingerprint density at radius 1 is 1.47 bits per heavy atom. The molecule has 6 heteroatoms. The maximum atomic E-state index is 11.2. The predicted octanol–water partition coefficient (Wildman–Crippen LogP) is 0.129. The number of nitrogens with zero attached hydrogens (tertiary/aromatic N) is 2. The van der Waals surface area contributed by atoms with E-state index >= 15 is 0 Å². The maximum absolute atomic E-state index is 11.2. The second-order valence-electron chi connectivity index (χ2n) is 4.45. The van der Waals surface area contributed by atoms with Crippen molar-refractivity contribution in [2.45, 2.75) is 24.8 Å². The average molecular weight is 235 g/mol. The van der Waals surface area contributed by atoms with Crippen molar-refractivity contribution in [3.63, 3.8) is 0 Å². The lowest BCUT2D eigenvalue weighted by atomic mass is 9.78. The second kappa shape index (κ2) is 4.67. The molecule has 0 aromatic carbocycles. The van der Waals surface area contributed by atoms with Crippen LogP contribution >= 0.6 is 0 Å². The minimum Gasteiger partial charge on any atom is -0.367 e. The first-order valence-electron chi connectivity index (χ1n) is 5.71. The van der Waals surface area contributed by atoms with Crippen LogP contribution in [0.15, 0.2) is 12.1 Å². The first-order chi connectivity index (χ1) is 8.13. The van der Waals surface area contributed by atoms with Crippen molar-refractivity contribution < 1.29 is 4.79 Å². The number of hydrogen-bond acceptors (Lipinski definition) is 5. The van der Waals surface area contributed by atoms with Crippen LogP contribution < -0.4 is 16.4 Å². The zero-order chi connectivity index (χ0) is 12.3. The third-order valence-electron chi connectivity index (χ3n) is 3.10. The third kappa shape index (κ3) is 2.71. The fraction of sp³-hybridized carbons (Fsp3) is 0.545. The molecule has 1 heterocycles. The quantitative estimate of drug-likeness (QED) is 0.689. The van der Waals surface area contributed by atoms with Crippen LogP contribution in [0.2, 0.25) is 0 Å². The fourth-order valence-electron chi connectivity index (χ4n) is 1.75. The Labute approximate surface area is 100.0 Å². The summed E-state index contributed by atoms with van der Waals surface area (Å²) < 4.78 is 0. The SMILES string of the molecule is CNC(=O)c1ccc(NCC2(N)CCC2)nn1. The van der Waals surface area contributed by atoms with Gasteiger partial charge in [-0.15, -0.1) is 10.2 Å². The summed E-state index contributed by atoms with van der Waals surface area (Å²) in [5.74, 6) is 0.410. The predicted molar refractivity (Wildman–Crippen MR) is 64.7 cm³/mol. The molecule has 0 atom stereocenters. The van der Waals surface area contributed by atoms with Crippen LogP contribution in [-0.4, -0.2) is 35.2 Å². The average Bonchev–Trinajstić information content (AvgIpc) is 2.33. The van der Waals surface area contributed by atoms with E-state index in [-0.39, 0.29) is 11.4 Å². The molecule has 0 aliphatic heterocycles. The third-order valence-corrected chi connectivity index (χ3v) is 3.10. The molecule has 1 fully saturated rings. The van der Waals surface area contributed by atoms with E-state index in [0.29, 0.717) is 18.1 Å². The highest BCUT2D eigenvalue weighted by molar-refractivity contribution is 5.91. The van der Waals surface area contributed by atoms with Gasteiger partial charge in [0.25, 0.3) is 5.91 Å². The number of anilines is 1. The minimum atomic E-state index is -0.238. The maximum Gasteiger partial charge on any atom is 0.271 e. The molecule has 0 spiro atoms. The number of rotatable bonds is 4. The Hall–Kier alpha value is -1.69. The number of carbonyl (C=O) groups excluding carboxylic acids is 1. The fourth-order valence-corrected chi connectivity index (χ4v) is 1.75. The highest BCUT2D eigenvalue weighted by Gasteiger charge is 2.32. The lowest BCUT2D eigenvalue weighted by molar-refractivity contribution is 0.0957. The van der Waals surface area contributed by atoms with Crippen molar-refractivity contribution in [3.8, 4) is 0 Å². The van der Waals surface area contributed by atoms with Crippen LogP contribution in [0, 0.1) is 0 Å². The molecule has 0 radical (unpaired) electrons. The summed E-state index contributed by atoms with van der Waals surface area (Å²) in [5.41, 5.74) is 6.29. The Balaban J connectivity index is 1.91. The van der Waals surface area contributed by atoms with Gasteiger partial charge in [0.2, 0.25) is 0 Å². The Morgan fingerprint density at radius 2 is 2.24 bits per heavy atom. The van der Waals surface area contributed by atoms with Gasteiger partial charge in [-0.05, 0) is 31.4 Å². The summed E-state index contributed by atoms with van der Waals surface area (Å²) in [7, 11) is 1.56. The number of hydrogen-bond donors (Lipinski definition) is 3. The summed E-state index contributed by atoms with van der Waals surface area (Å²) in [4.78, 5) is 11.2. The van der Waals surface area contributed by atoms with Crippen LogP contribution in [0.5, 0.6) is 0 Å². The summed E-state index contributed by atoms with van der Waals surface area (Å²) in [5, 5.41) is 13.4. The van der Waals surface area contributed by atoms with E-state index in [1.165, 1.54) is 6.42 Å². The molecule has 0 unspecified atom stereocenters. The highest BCUT2D eigenvalue weighted by Crippen LogP contribution is 2.28. The van der Waals surface area contributed by atoms with Crippen LogP contribution in [-0.2, 0) is 0 Å². The van der Waals surface area contributed by atoms with E-state index < -0.39 is 0 Å². The van der Waals surface area contributed by atoms with E-state index in [9.17, 15) is 4.79 Å².